The highest BCUT2D eigenvalue weighted by molar-refractivity contribution is 5.95. The molecule has 4 N–H and O–H groups in total. The lowest BCUT2D eigenvalue weighted by Gasteiger charge is -2.19. The first-order valence-corrected chi connectivity index (χ1v) is 17.9. The van der Waals surface area contributed by atoms with Crippen molar-refractivity contribution in [3.63, 3.8) is 0 Å². The molecule has 0 heterocycles. The highest BCUT2D eigenvalue weighted by atomic mass is 16.3. The average molecular weight is 616 g/mol. The molecule has 6 heteroatoms. The van der Waals surface area contributed by atoms with Gasteiger partial charge in [-0.3, -0.25) is 9.59 Å². The highest BCUT2D eigenvalue weighted by Gasteiger charge is 2.27. The van der Waals surface area contributed by atoms with Crippen LogP contribution in [-0.4, -0.2) is 51.9 Å². The number of unbranched alkanes of at least 4 members (excludes halogenated alkanes) is 14. The van der Waals surface area contributed by atoms with Gasteiger partial charge in [0.05, 0.1) is 24.9 Å². The Morgan fingerprint density at radius 1 is 0.818 bits per heavy atom. The van der Waals surface area contributed by atoms with E-state index in [0.717, 1.165) is 51.4 Å². The average Bonchev–Trinajstić information content (AvgIpc) is 3.37. The van der Waals surface area contributed by atoms with Crippen molar-refractivity contribution in [3.05, 3.63) is 48.6 Å². The second-order valence-corrected chi connectivity index (χ2v) is 12.6. The molecule has 0 spiro atoms. The Kier molecular flexibility index (Phi) is 24.8. The molecule has 44 heavy (non-hydrogen) atoms. The molecule has 252 valence electrons. The van der Waals surface area contributed by atoms with E-state index in [1.165, 1.54) is 64.2 Å². The van der Waals surface area contributed by atoms with E-state index in [0.29, 0.717) is 12.8 Å². The molecule has 5 atom stereocenters. The van der Waals surface area contributed by atoms with E-state index >= 15 is 0 Å². The van der Waals surface area contributed by atoms with Crippen LogP contribution in [-0.2, 0) is 9.59 Å². The fourth-order valence-corrected chi connectivity index (χ4v) is 5.64. The van der Waals surface area contributed by atoms with E-state index in [1.807, 2.05) is 24.3 Å². The van der Waals surface area contributed by atoms with E-state index in [9.17, 15) is 24.9 Å². The van der Waals surface area contributed by atoms with Gasteiger partial charge in [0.25, 0.3) is 0 Å². The number of aliphatic hydroxyl groups excluding tert-OH is 3. The summed E-state index contributed by atoms with van der Waals surface area (Å²) in [5, 5.41) is 33.0. The van der Waals surface area contributed by atoms with E-state index in [1.54, 1.807) is 18.2 Å². The largest absolute Gasteiger partial charge is 0.394 e. The number of nitrogens with one attached hydrogen (secondary N) is 1. The topological polar surface area (TPSA) is 107 Å². The predicted molar refractivity (Wildman–Crippen MR) is 183 cm³/mol. The van der Waals surface area contributed by atoms with Crippen molar-refractivity contribution in [1.29, 1.82) is 0 Å². The molecule has 6 nitrogen and oxygen atoms in total. The summed E-state index contributed by atoms with van der Waals surface area (Å²) in [7, 11) is 0. The van der Waals surface area contributed by atoms with Gasteiger partial charge in [0, 0.05) is 12.3 Å². The van der Waals surface area contributed by atoms with Crippen LogP contribution >= 0.6 is 0 Å². The number of aliphatic hydroxyl groups is 3. The number of ketones is 1. The fourth-order valence-electron chi connectivity index (χ4n) is 5.64. The summed E-state index contributed by atoms with van der Waals surface area (Å²) < 4.78 is 0. The minimum Gasteiger partial charge on any atom is -0.394 e. The van der Waals surface area contributed by atoms with Crippen molar-refractivity contribution in [2.24, 2.45) is 11.8 Å². The molecular formula is C38H65NO5. The van der Waals surface area contributed by atoms with Crippen molar-refractivity contribution in [2.75, 3.05) is 6.61 Å². The van der Waals surface area contributed by atoms with Crippen LogP contribution in [0.4, 0.5) is 0 Å². The van der Waals surface area contributed by atoms with Crippen LogP contribution in [0.25, 0.3) is 0 Å². The molecule has 1 rings (SSSR count). The van der Waals surface area contributed by atoms with Gasteiger partial charge >= 0.3 is 0 Å². The normalized spacial score (nSPS) is 19.1. The molecule has 0 radical (unpaired) electrons. The van der Waals surface area contributed by atoms with Gasteiger partial charge in [-0.2, -0.15) is 0 Å². The third-order valence-corrected chi connectivity index (χ3v) is 8.55. The molecule has 1 aliphatic rings. The standard InChI is InChI=1S/C38H65NO5/c1-3-5-7-8-9-10-11-12-13-14-15-16-21-25-37(43)35(31-40)39-38(44)26-22-18-17-20-23-32-27-30-36(42)34(32)29-28-33(41)24-19-6-4-2/h17,20-21,25,27-30,32-35,37,40-41,43H,3-16,18-19,22-24,26,31H2,1-2H3,(H,39,44)/b20-17-,25-21+,29-28+/t32-,33-,34+,35-,37+/m0/s1. The summed E-state index contributed by atoms with van der Waals surface area (Å²) in [5.74, 6) is -0.221. The maximum atomic E-state index is 12.4. The van der Waals surface area contributed by atoms with E-state index < -0.39 is 18.2 Å². The smallest absolute Gasteiger partial charge is 0.220 e. The zero-order chi connectivity index (χ0) is 32.3. The molecule has 0 aromatic rings. The third kappa shape index (κ3) is 20.1. The minimum absolute atomic E-state index is 0.0848. The Morgan fingerprint density at radius 2 is 1.43 bits per heavy atom. The Bertz CT molecular complexity index is 848. The van der Waals surface area contributed by atoms with Gasteiger partial charge in [-0.15, -0.1) is 0 Å². The second kappa shape index (κ2) is 27.3. The first kappa shape index (κ1) is 40.0. The van der Waals surface area contributed by atoms with E-state index in [4.69, 9.17) is 0 Å². The second-order valence-electron chi connectivity index (χ2n) is 12.6. The van der Waals surface area contributed by atoms with Crippen LogP contribution in [0.3, 0.4) is 0 Å². The number of carbonyl (C=O) groups is 2. The van der Waals surface area contributed by atoms with Crippen molar-refractivity contribution in [3.8, 4) is 0 Å². The number of hydrogen-bond acceptors (Lipinski definition) is 5. The Labute approximate surface area is 269 Å². The summed E-state index contributed by atoms with van der Waals surface area (Å²) in [6, 6.07) is -0.700. The first-order chi connectivity index (χ1) is 21.4. The Hall–Kier alpha value is -2.02. The lowest BCUT2D eigenvalue weighted by atomic mass is 9.90. The monoisotopic (exact) mass is 615 g/mol. The van der Waals surface area contributed by atoms with Gasteiger partial charge in [0.1, 0.15) is 0 Å². The molecule has 0 saturated carbocycles. The summed E-state index contributed by atoms with van der Waals surface area (Å²) in [5.41, 5.74) is 0. The Morgan fingerprint density at radius 3 is 2.09 bits per heavy atom. The molecule has 0 bridgehead atoms. The van der Waals surface area contributed by atoms with Gasteiger partial charge in [-0.25, -0.2) is 0 Å². The highest BCUT2D eigenvalue weighted by Crippen LogP contribution is 2.27. The first-order valence-electron chi connectivity index (χ1n) is 17.9. The van der Waals surface area contributed by atoms with Crippen LogP contribution in [0.5, 0.6) is 0 Å². The van der Waals surface area contributed by atoms with Crippen molar-refractivity contribution < 1.29 is 24.9 Å². The summed E-state index contributed by atoms with van der Waals surface area (Å²) in [6.07, 6.45) is 35.2. The summed E-state index contributed by atoms with van der Waals surface area (Å²) in [6.45, 7) is 4.08. The van der Waals surface area contributed by atoms with Crippen molar-refractivity contribution >= 4 is 11.7 Å². The lowest BCUT2D eigenvalue weighted by molar-refractivity contribution is -0.123. The summed E-state index contributed by atoms with van der Waals surface area (Å²) >= 11 is 0. The van der Waals surface area contributed by atoms with Gasteiger partial charge in [-0.1, -0.05) is 140 Å². The van der Waals surface area contributed by atoms with Gasteiger partial charge in [-0.05, 0) is 50.5 Å². The SMILES string of the molecule is CCCCCCCCCCCCC/C=C/[C@@H](O)[C@H](CO)NC(=O)CCC/C=C\C[C@H]1C=CC(=O)[C@@H]1/C=C/[C@@H](O)CCCCC. The number of rotatable bonds is 28. The van der Waals surface area contributed by atoms with E-state index in [-0.39, 0.29) is 30.1 Å². The van der Waals surface area contributed by atoms with Gasteiger partial charge in [0.2, 0.25) is 5.91 Å². The molecule has 0 saturated heterocycles. The Balaban J connectivity index is 2.19. The van der Waals surface area contributed by atoms with Crippen LogP contribution in [0, 0.1) is 11.8 Å². The molecule has 0 aromatic carbocycles. The van der Waals surface area contributed by atoms with Crippen molar-refractivity contribution in [2.45, 2.75) is 161 Å². The van der Waals surface area contributed by atoms with Gasteiger partial charge in [0.15, 0.2) is 5.78 Å². The number of allylic oxidation sites excluding steroid dienone is 6. The maximum Gasteiger partial charge on any atom is 0.220 e. The van der Waals surface area contributed by atoms with E-state index in [2.05, 4.69) is 25.2 Å². The molecule has 0 aromatic heterocycles. The molecule has 0 aliphatic heterocycles. The van der Waals surface area contributed by atoms with Gasteiger partial charge < -0.3 is 20.6 Å². The quantitative estimate of drug-likeness (QED) is 0.0526. The van der Waals surface area contributed by atoms with Crippen LogP contribution in [0.15, 0.2) is 48.6 Å². The summed E-state index contributed by atoms with van der Waals surface area (Å²) in [4.78, 5) is 24.7. The number of hydrogen-bond donors (Lipinski definition) is 4. The van der Waals surface area contributed by atoms with Crippen molar-refractivity contribution in [1.82, 2.24) is 5.32 Å². The zero-order valence-corrected chi connectivity index (χ0v) is 28.0. The zero-order valence-electron chi connectivity index (χ0n) is 28.0. The molecule has 1 aliphatic carbocycles. The molecule has 1 amide bonds. The third-order valence-electron chi connectivity index (χ3n) is 8.55. The molecule has 0 unspecified atom stereocenters. The van der Waals surface area contributed by atoms with Crippen LogP contribution < -0.4 is 5.32 Å². The van der Waals surface area contributed by atoms with Crippen LogP contribution in [0.2, 0.25) is 0 Å². The molecular weight excluding hydrogens is 550 g/mol. The predicted octanol–water partition coefficient (Wildman–Crippen LogP) is 8.07. The lowest BCUT2D eigenvalue weighted by Crippen LogP contribution is -2.45. The van der Waals surface area contributed by atoms with Crippen LogP contribution in [0.1, 0.15) is 142 Å². The minimum atomic E-state index is -0.904. The maximum absolute atomic E-state index is 12.4. The number of carbonyl (C=O) groups excluding carboxylic acids is 2. The molecule has 0 fully saturated rings. The number of amides is 1. The fraction of sp³-hybridized carbons (Fsp3) is 0.737.